The summed E-state index contributed by atoms with van der Waals surface area (Å²) in [6.07, 6.45) is 0. The molecule has 0 unspecified atom stereocenters. The molecule has 0 bridgehead atoms. The van der Waals surface area contributed by atoms with E-state index in [1.54, 1.807) is 0 Å². The number of hydrogen-bond acceptors (Lipinski definition) is 5. The number of aryl methyl sites for hydroxylation is 2. The van der Waals surface area contributed by atoms with Crippen LogP contribution in [0.3, 0.4) is 0 Å². The van der Waals surface area contributed by atoms with Crippen molar-refractivity contribution < 1.29 is 14.3 Å². The molecule has 0 saturated heterocycles. The molecule has 2 aromatic rings. The maximum atomic E-state index is 12.0. The van der Waals surface area contributed by atoms with Crippen molar-refractivity contribution >= 4 is 50.9 Å². The van der Waals surface area contributed by atoms with E-state index in [4.69, 9.17) is 4.74 Å². The second-order valence-electron chi connectivity index (χ2n) is 6.58. The van der Waals surface area contributed by atoms with Gasteiger partial charge in [0.25, 0.3) is 5.91 Å². The highest BCUT2D eigenvalue weighted by atomic mass is 79.9. The van der Waals surface area contributed by atoms with Crippen molar-refractivity contribution in [3.63, 3.8) is 0 Å². The Morgan fingerprint density at radius 2 is 1.72 bits per heavy atom. The SMILES string of the molecule is CCN(CC)c1ccc(NC(=O)COC(=O)CSc2cc(C)c(Br)cc2C)cc1. The smallest absolute Gasteiger partial charge is 0.316 e. The van der Waals surface area contributed by atoms with Gasteiger partial charge in [0, 0.05) is 33.8 Å². The molecule has 0 heterocycles. The molecule has 0 aromatic heterocycles. The number of carbonyl (C=O) groups is 2. The Hall–Kier alpha value is -1.99. The van der Waals surface area contributed by atoms with Crippen LogP contribution in [0, 0.1) is 13.8 Å². The van der Waals surface area contributed by atoms with E-state index in [-0.39, 0.29) is 18.3 Å². The number of esters is 1. The molecule has 0 aliphatic rings. The number of nitrogens with one attached hydrogen (secondary N) is 1. The molecule has 5 nitrogen and oxygen atoms in total. The Bertz CT molecular complexity index is 852. The summed E-state index contributed by atoms with van der Waals surface area (Å²) in [5.74, 6) is -0.607. The number of anilines is 2. The summed E-state index contributed by atoms with van der Waals surface area (Å²) < 4.78 is 6.14. The number of amides is 1. The number of benzene rings is 2. The largest absolute Gasteiger partial charge is 0.455 e. The average molecular weight is 479 g/mol. The Labute approximate surface area is 185 Å². The van der Waals surface area contributed by atoms with E-state index in [1.165, 1.54) is 11.8 Å². The molecule has 0 saturated carbocycles. The van der Waals surface area contributed by atoms with E-state index in [0.29, 0.717) is 5.69 Å². The molecular weight excluding hydrogens is 452 g/mol. The van der Waals surface area contributed by atoms with Crippen molar-refractivity contribution in [1.82, 2.24) is 0 Å². The monoisotopic (exact) mass is 478 g/mol. The zero-order valence-electron chi connectivity index (χ0n) is 17.3. The van der Waals surface area contributed by atoms with E-state index in [2.05, 4.69) is 40.0 Å². The molecule has 0 aliphatic carbocycles. The molecule has 0 aliphatic heterocycles. The number of nitrogens with zero attached hydrogens (tertiary/aromatic N) is 1. The van der Waals surface area contributed by atoms with Crippen LogP contribution in [-0.4, -0.2) is 37.3 Å². The Morgan fingerprint density at radius 3 is 2.34 bits per heavy atom. The minimum Gasteiger partial charge on any atom is -0.455 e. The molecule has 0 radical (unpaired) electrons. The van der Waals surface area contributed by atoms with Gasteiger partial charge in [0.15, 0.2) is 6.61 Å². The lowest BCUT2D eigenvalue weighted by atomic mass is 10.2. The van der Waals surface area contributed by atoms with E-state index in [9.17, 15) is 9.59 Å². The molecule has 156 valence electrons. The van der Waals surface area contributed by atoms with Gasteiger partial charge in [-0.15, -0.1) is 11.8 Å². The van der Waals surface area contributed by atoms with Crippen LogP contribution in [0.2, 0.25) is 0 Å². The van der Waals surface area contributed by atoms with Crippen molar-refractivity contribution in [2.24, 2.45) is 0 Å². The quantitative estimate of drug-likeness (QED) is 0.397. The number of ether oxygens (including phenoxy) is 1. The molecule has 7 heteroatoms. The van der Waals surface area contributed by atoms with Gasteiger partial charge in [-0.3, -0.25) is 9.59 Å². The molecule has 0 atom stereocenters. The van der Waals surface area contributed by atoms with Crippen LogP contribution in [0.5, 0.6) is 0 Å². The first-order valence-corrected chi connectivity index (χ1v) is 11.3. The number of rotatable bonds is 9. The van der Waals surface area contributed by atoms with Crippen LogP contribution in [0.4, 0.5) is 11.4 Å². The van der Waals surface area contributed by atoms with Gasteiger partial charge in [0.2, 0.25) is 0 Å². The highest BCUT2D eigenvalue weighted by molar-refractivity contribution is 9.10. The number of carbonyl (C=O) groups excluding carboxylic acids is 2. The third-order valence-corrected chi connectivity index (χ3v) is 6.43. The molecule has 0 fully saturated rings. The maximum Gasteiger partial charge on any atom is 0.316 e. The molecule has 2 aromatic carbocycles. The van der Waals surface area contributed by atoms with Gasteiger partial charge in [-0.05, 0) is 75.2 Å². The lowest BCUT2D eigenvalue weighted by molar-refractivity contribution is -0.144. The van der Waals surface area contributed by atoms with Crippen LogP contribution >= 0.6 is 27.7 Å². The summed E-state index contributed by atoms with van der Waals surface area (Å²) in [5, 5.41) is 2.75. The van der Waals surface area contributed by atoms with Crippen molar-refractivity contribution in [2.45, 2.75) is 32.6 Å². The molecule has 1 N–H and O–H groups in total. The molecule has 1 amide bonds. The second kappa shape index (κ2) is 11.3. The summed E-state index contributed by atoms with van der Waals surface area (Å²) in [4.78, 5) is 27.3. The third kappa shape index (κ3) is 7.08. The van der Waals surface area contributed by atoms with Crippen LogP contribution in [-0.2, 0) is 14.3 Å². The summed E-state index contributed by atoms with van der Waals surface area (Å²) >= 11 is 4.91. The summed E-state index contributed by atoms with van der Waals surface area (Å²) in [5.41, 5.74) is 3.98. The first-order valence-electron chi connectivity index (χ1n) is 9.54. The van der Waals surface area contributed by atoms with E-state index in [1.807, 2.05) is 50.2 Å². The van der Waals surface area contributed by atoms with Gasteiger partial charge < -0.3 is 15.0 Å². The summed E-state index contributed by atoms with van der Waals surface area (Å²) in [6, 6.07) is 11.7. The average Bonchev–Trinajstić information content (AvgIpc) is 2.70. The van der Waals surface area contributed by atoms with Crippen molar-refractivity contribution in [2.75, 3.05) is 35.7 Å². The van der Waals surface area contributed by atoms with Crippen molar-refractivity contribution in [3.05, 3.63) is 52.0 Å². The summed E-state index contributed by atoms with van der Waals surface area (Å²) in [7, 11) is 0. The highest BCUT2D eigenvalue weighted by Crippen LogP contribution is 2.28. The second-order valence-corrected chi connectivity index (χ2v) is 8.46. The Kier molecular flexibility index (Phi) is 9.04. The predicted molar refractivity (Wildman–Crippen MR) is 124 cm³/mol. The first kappa shape index (κ1) is 23.3. The van der Waals surface area contributed by atoms with Crippen LogP contribution in [0.25, 0.3) is 0 Å². The lowest BCUT2D eigenvalue weighted by Gasteiger charge is -2.21. The van der Waals surface area contributed by atoms with Gasteiger partial charge in [-0.25, -0.2) is 0 Å². The topological polar surface area (TPSA) is 58.6 Å². The minimum atomic E-state index is -0.415. The third-order valence-electron chi connectivity index (χ3n) is 4.45. The van der Waals surface area contributed by atoms with E-state index in [0.717, 1.165) is 39.3 Å². The number of halogens is 1. The van der Waals surface area contributed by atoms with Crippen LogP contribution in [0.1, 0.15) is 25.0 Å². The van der Waals surface area contributed by atoms with E-state index < -0.39 is 5.97 Å². The first-order chi connectivity index (χ1) is 13.8. The fraction of sp³-hybridized carbons (Fsp3) is 0.364. The van der Waals surface area contributed by atoms with Gasteiger partial charge in [-0.2, -0.15) is 0 Å². The van der Waals surface area contributed by atoms with Crippen LogP contribution in [0.15, 0.2) is 45.8 Å². The van der Waals surface area contributed by atoms with Gasteiger partial charge in [0.1, 0.15) is 0 Å². The lowest BCUT2D eigenvalue weighted by Crippen LogP contribution is -2.22. The zero-order chi connectivity index (χ0) is 21.4. The van der Waals surface area contributed by atoms with Crippen LogP contribution < -0.4 is 10.2 Å². The standard InChI is InChI=1S/C22H27BrN2O3S/c1-5-25(6-2)18-9-7-17(8-10-18)24-21(26)13-28-22(27)14-29-20-12-15(3)19(23)11-16(20)4/h7-12H,5-6,13-14H2,1-4H3,(H,24,26). The number of thioether (sulfide) groups is 1. The Morgan fingerprint density at radius 1 is 1.07 bits per heavy atom. The number of hydrogen-bond donors (Lipinski definition) is 1. The van der Waals surface area contributed by atoms with Gasteiger partial charge in [0.05, 0.1) is 5.75 Å². The fourth-order valence-electron chi connectivity index (χ4n) is 2.78. The normalized spacial score (nSPS) is 10.5. The Balaban J connectivity index is 1.78. The minimum absolute atomic E-state index is 0.160. The zero-order valence-corrected chi connectivity index (χ0v) is 19.7. The molecule has 29 heavy (non-hydrogen) atoms. The highest BCUT2D eigenvalue weighted by Gasteiger charge is 2.11. The van der Waals surface area contributed by atoms with Crippen molar-refractivity contribution in [1.29, 1.82) is 0 Å². The van der Waals surface area contributed by atoms with Gasteiger partial charge >= 0.3 is 5.97 Å². The van der Waals surface area contributed by atoms with E-state index >= 15 is 0 Å². The summed E-state index contributed by atoms with van der Waals surface area (Å²) in [6.45, 7) is 9.76. The maximum absolute atomic E-state index is 12.0. The van der Waals surface area contributed by atoms with Crippen molar-refractivity contribution in [3.8, 4) is 0 Å². The predicted octanol–water partition coefficient (Wildman–Crippen LogP) is 5.19. The van der Waals surface area contributed by atoms with Gasteiger partial charge in [-0.1, -0.05) is 15.9 Å². The molecule has 0 spiro atoms. The molecule has 2 rings (SSSR count). The molecular formula is C22H27BrN2O3S. The fourth-order valence-corrected chi connectivity index (χ4v) is 4.14.